The lowest BCUT2D eigenvalue weighted by Crippen LogP contribution is -2.51. The Balaban J connectivity index is 1.50. The van der Waals surface area contributed by atoms with E-state index in [0.717, 1.165) is 5.56 Å². The molecule has 1 fully saturated rings. The standard InChI is InChI=1S/C32H36FN3O4S/c1-2-20-35(41(39,40)30-14-7-4-8-15-30)25-32(38)36(24-27-12-9-13-28(33)23-27)29-18-21-34(22-19-29)31(37)17-16-26-10-5-3-6-11-26/h3-17,23,29H,2,18-22,24-25H2,1H3/b17-16+. The number of likely N-dealkylation sites (tertiary alicyclic amines) is 1. The number of carbonyl (C=O) groups is 2. The van der Waals surface area contributed by atoms with Gasteiger partial charge >= 0.3 is 0 Å². The molecule has 216 valence electrons. The van der Waals surface area contributed by atoms with Gasteiger partial charge in [0.25, 0.3) is 0 Å². The number of halogens is 1. The maximum absolute atomic E-state index is 14.0. The van der Waals surface area contributed by atoms with Gasteiger partial charge in [0, 0.05) is 38.3 Å². The van der Waals surface area contributed by atoms with Crippen LogP contribution in [0, 0.1) is 5.82 Å². The minimum Gasteiger partial charge on any atom is -0.339 e. The van der Waals surface area contributed by atoms with Gasteiger partial charge in [-0.15, -0.1) is 0 Å². The van der Waals surface area contributed by atoms with Crippen LogP contribution in [0.5, 0.6) is 0 Å². The van der Waals surface area contributed by atoms with E-state index in [2.05, 4.69) is 0 Å². The van der Waals surface area contributed by atoms with Crippen molar-refractivity contribution >= 4 is 27.9 Å². The predicted octanol–water partition coefficient (Wildman–Crippen LogP) is 4.96. The molecule has 1 aliphatic rings. The van der Waals surface area contributed by atoms with Gasteiger partial charge in [0.1, 0.15) is 5.82 Å². The normalized spacial score (nSPS) is 14.5. The van der Waals surface area contributed by atoms with Crippen molar-refractivity contribution in [2.24, 2.45) is 0 Å². The molecule has 7 nitrogen and oxygen atoms in total. The Morgan fingerprint density at radius 3 is 2.24 bits per heavy atom. The molecular formula is C32H36FN3O4S. The Bertz CT molecular complexity index is 1440. The lowest BCUT2D eigenvalue weighted by Gasteiger charge is -2.39. The van der Waals surface area contributed by atoms with E-state index in [1.807, 2.05) is 37.3 Å². The van der Waals surface area contributed by atoms with Crippen LogP contribution in [0.1, 0.15) is 37.3 Å². The zero-order valence-corrected chi connectivity index (χ0v) is 24.0. The van der Waals surface area contributed by atoms with Gasteiger partial charge < -0.3 is 9.80 Å². The lowest BCUT2D eigenvalue weighted by atomic mass is 10.0. The molecule has 0 aliphatic carbocycles. The average molecular weight is 578 g/mol. The predicted molar refractivity (Wildman–Crippen MR) is 158 cm³/mol. The Morgan fingerprint density at radius 1 is 0.951 bits per heavy atom. The van der Waals surface area contributed by atoms with Gasteiger partial charge in [0.2, 0.25) is 21.8 Å². The number of sulfonamides is 1. The monoisotopic (exact) mass is 577 g/mol. The first kappa shape index (κ1) is 30.1. The minimum absolute atomic E-state index is 0.0987. The van der Waals surface area contributed by atoms with Crippen LogP contribution in [-0.2, 0) is 26.2 Å². The second kappa shape index (κ2) is 14.2. The molecule has 0 saturated carbocycles. The zero-order valence-electron chi connectivity index (χ0n) is 23.2. The number of nitrogens with zero attached hydrogens (tertiary/aromatic N) is 3. The Labute approximate surface area is 241 Å². The molecule has 0 radical (unpaired) electrons. The number of piperidine rings is 1. The Morgan fingerprint density at radius 2 is 1.61 bits per heavy atom. The van der Waals surface area contributed by atoms with Crippen LogP contribution in [0.2, 0.25) is 0 Å². The van der Waals surface area contributed by atoms with Crippen molar-refractivity contribution in [1.29, 1.82) is 0 Å². The summed E-state index contributed by atoms with van der Waals surface area (Å²) in [4.78, 5) is 30.2. The van der Waals surface area contributed by atoms with Crippen LogP contribution in [0.15, 0.2) is 95.9 Å². The van der Waals surface area contributed by atoms with Gasteiger partial charge in [0.05, 0.1) is 11.4 Å². The fourth-order valence-corrected chi connectivity index (χ4v) is 6.51. The Kier molecular flexibility index (Phi) is 10.4. The summed E-state index contributed by atoms with van der Waals surface area (Å²) in [6, 6.07) is 23.5. The van der Waals surface area contributed by atoms with E-state index < -0.39 is 15.8 Å². The van der Waals surface area contributed by atoms with Crippen molar-refractivity contribution in [2.45, 2.75) is 43.7 Å². The summed E-state index contributed by atoms with van der Waals surface area (Å²) in [7, 11) is -3.89. The highest BCUT2D eigenvalue weighted by molar-refractivity contribution is 7.89. The van der Waals surface area contributed by atoms with E-state index in [0.29, 0.717) is 37.9 Å². The van der Waals surface area contributed by atoms with E-state index >= 15 is 0 Å². The number of amides is 2. The fraction of sp³-hybridized carbons (Fsp3) is 0.312. The van der Waals surface area contributed by atoms with E-state index in [1.165, 1.54) is 28.6 Å². The van der Waals surface area contributed by atoms with Gasteiger partial charge in [0.15, 0.2) is 0 Å². The molecule has 0 bridgehead atoms. The van der Waals surface area contributed by atoms with Crippen molar-refractivity contribution < 1.29 is 22.4 Å². The molecule has 0 N–H and O–H groups in total. The second-order valence-electron chi connectivity index (χ2n) is 10.1. The van der Waals surface area contributed by atoms with E-state index in [4.69, 9.17) is 0 Å². The van der Waals surface area contributed by atoms with Crippen LogP contribution in [-0.4, -0.2) is 66.6 Å². The summed E-state index contributed by atoms with van der Waals surface area (Å²) in [6.45, 7) is 2.79. The summed E-state index contributed by atoms with van der Waals surface area (Å²) in [5, 5.41) is 0. The SMILES string of the molecule is CCCN(CC(=O)N(Cc1cccc(F)c1)C1CCN(C(=O)/C=C/c2ccccc2)CC1)S(=O)(=O)c1ccccc1. The van der Waals surface area contributed by atoms with Crippen LogP contribution in [0.4, 0.5) is 4.39 Å². The fourth-order valence-electron chi connectivity index (χ4n) is 5.00. The first-order valence-corrected chi connectivity index (χ1v) is 15.3. The molecule has 1 heterocycles. The minimum atomic E-state index is -3.89. The largest absolute Gasteiger partial charge is 0.339 e. The second-order valence-corrected chi connectivity index (χ2v) is 12.0. The number of hydrogen-bond donors (Lipinski definition) is 0. The molecule has 0 unspecified atom stereocenters. The van der Waals surface area contributed by atoms with Gasteiger partial charge in [-0.3, -0.25) is 9.59 Å². The molecule has 41 heavy (non-hydrogen) atoms. The Hall–Kier alpha value is -3.82. The zero-order chi connectivity index (χ0) is 29.2. The molecule has 0 spiro atoms. The molecule has 0 atom stereocenters. The first-order valence-electron chi connectivity index (χ1n) is 13.9. The third-order valence-electron chi connectivity index (χ3n) is 7.16. The molecule has 0 aromatic heterocycles. The maximum Gasteiger partial charge on any atom is 0.246 e. The van der Waals surface area contributed by atoms with E-state index in [9.17, 15) is 22.4 Å². The molecule has 2 amide bonds. The molecule has 9 heteroatoms. The van der Waals surface area contributed by atoms with Gasteiger partial charge in [-0.1, -0.05) is 67.6 Å². The summed E-state index contributed by atoms with van der Waals surface area (Å²) >= 11 is 0. The molecule has 4 rings (SSSR count). The molecule has 3 aromatic carbocycles. The third-order valence-corrected chi connectivity index (χ3v) is 9.02. The quantitative estimate of drug-likeness (QED) is 0.302. The third kappa shape index (κ3) is 8.11. The highest BCUT2D eigenvalue weighted by Gasteiger charge is 2.33. The topological polar surface area (TPSA) is 78.0 Å². The first-order chi connectivity index (χ1) is 19.8. The molecule has 1 saturated heterocycles. The maximum atomic E-state index is 14.0. The van der Waals surface area contributed by atoms with Crippen molar-refractivity contribution in [3.63, 3.8) is 0 Å². The molecular weight excluding hydrogens is 541 g/mol. The average Bonchev–Trinajstić information content (AvgIpc) is 2.99. The van der Waals surface area contributed by atoms with Crippen LogP contribution in [0.3, 0.4) is 0 Å². The van der Waals surface area contributed by atoms with Crippen molar-refractivity contribution in [1.82, 2.24) is 14.1 Å². The summed E-state index contributed by atoms with van der Waals surface area (Å²) in [6.07, 6.45) is 4.95. The molecule has 1 aliphatic heterocycles. The van der Waals surface area contributed by atoms with Gasteiger partial charge in [-0.25, -0.2) is 12.8 Å². The number of rotatable bonds is 11. The lowest BCUT2D eigenvalue weighted by molar-refractivity contribution is -0.136. The smallest absolute Gasteiger partial charge is 0.246 e. The van der Waals surface area contributed by atoms with E-state index in [1.54, 1.807) is 52.3 Å². The summed E-state index contributed by atoms with van der Waals surface area (Å²) in [5.41, 5.74) is 1.56. The van der Waals surface area contributed by atoms with E-state index in [-0.39, 0.29) is 42.4 Å². The van der Waals surface area contributed by atoms with Crippen molar-refractivity contribution in [3.05, 3.63) is 108 Å². The van der Waals surface area contributed by atoms with Gasteiger partial charge in [-0.2, -0.15) is 4.31 Å². The molecule has 3 aromatic rings. The van der Waals surface area contributed by atoms with Crippen LogP contribution in [0.25, 0.3) is 6.08 Å². The number of benzene rings is 3. The van der Waals surface area contributed by atoms with Gasteiger partial charge in [-0.05, 0) is 60.7 Å². The summed E-state index contributed by atoms with van der Waals surface area (Å²) in [5.74, 6) is -0.853. The van der Waals surface area contributed by atoms with Crippen molar-refractivity contribution in [3.8, 4) is 0 Å². The highest BCUT2D eigenvalue weighted by Crippen LogP contribution is 2.22. The summed E-state index contributed by atoms with van der Waals surface area (Å²) < 4.78 is 42.0. The van der Waals surface area contributed by atoms with Crippen LogP contribution < -0.4 is 0 Å². The highest BCUT2D eigenvalue weighted by atomic mass is 32.2. The number of hydrogen-bond acceptors (Lipinski definition) is 4. The number of carbonyl (C=O) groups excluding carboxylic acids is 2. The van der Waals surface area contributed by atoms with Crippen LogP contribution >= 0.6 is 0 Å². The van der Waals surface area contributed by atoms with Crippen molar-refractivity contribution in [2.75, 3.05) is 26.2 Å².